The van der Waals surface area contributed by atoms with E-state index >= 15 is 0 Å². The van der Waals surface area contributed by atoms with Crippen molar-refractivity contribution >= 4 is 8.07 Å². The van der Waals surface area contributed by atoms with Crippen molar-refractivity contribution in [1.82, 2.24) is 0 Å². The second kappa shape index (κ2) is 7.17. The Labute approximate surface area is 93.7 Å². The molecule has 2 N–H and O–H groups in total. The number of unbranched alkanes of at least 4 members (excludes halogenated alkanes) is 1. The van der Waals surface area contributed by atoms with Crippen LogP contribution in [0.2, 0.25) is 19.6 Å². The third-order valence-electron chi connectivity index (χ3n) is 2.50. The minimum absolute atomic E-state index is 0.0711. The normalized spacial score (nSPS) is 15.5. The molecule has 0 radical (unpaired) electrons. The second-order valence-corrected chi connectivity index (χ2v) is 10.0. The summed E-state index contributed by atoms with van der Waals surface area (Å²) in [6.07, 6.45) is 4.53. The van der Waals surface area contributed by atoms with Crippen molar-refractivity contribution in [2.45, 2.75) is 51.9 Å². The smallest absolute Gasteiger partial charge is 0.111 e. The molecule has 0 aromatic heterocycles. The highest BCUT2D eigenvalue weighted by atomic mass is 28.3. The maximum absolute atomic E-state index is 9.26. The van der Waals surface area contributed by atoms with Gasteiger partial charge >= 0.3 is 0 Å². The number of hydrogen-bond acceptors (Lipinski definition) is 3. The lowest BCUT2D eigenvalue weighted by Gasteiger charge is -2.21. The van der Waals surface area contributed by atoms with Gasteiger partial charge in [-0.15, -0.1) is 0 Å². The molecule has 4 heteroatoms. The summed E-state index contributed by atoms with van der Waals surface area (Å²) in [5.74, 6) is 0. The predicted octanol–water partition coefficient (Wildman–Crippen LogP) is 2.83. The lowest BCUT2D eigenvalue weighted by molar-refractivity contribution is -0.267. The Morgan fingerprint density at radius 2 is 2.00 bits per heavy atom. The van der Waals surface area contributed by atoms with E-state index in [4.69, 9.17) is 5.26 Å². The van der Waals surface area contributed by atoms with Crippen molar-refractivity contribution in [2.24, 2.45) is 0 Å². The van der Waals surface area contributed by atoms with Crippen LogP contribution in [0.15, 0.2) is 11.3 Å². The van der Waals surface area contributed by atoms with Crippen molar-refractivity contribution in [3.05, 3.63) is 11.3 Å². The van der Waals surface area contributed by atoms with Gasteiger partial charge in [0, 0.05) is 0 Å². The lowest BCUT2D eigenvalue weighted by Crippen LogP contribution is -2.28. The Balaban J connectivity index is 4.48. The molecule has 1 atom stereocenters. The molecule has 0 amide bonds. The molecule has 3 nitrogen and oxygen atoms in total. The van der Waals surface area contributed by atoms with Gasteiger partial charge in [0.05, 0.1) is 14.7 Å². The number of rotatable bonds is 7. The largest absolute Gasteiger partial charge is 0.392 e. The lowest BCUT2D eigenvalue weighted by atomic mass is 10.1. The monoisotopic (exact) mass is 232 g/mol. The van der Waals surface area contributed by atoms with E-state index in [-0.39, 0.29) is 12.7 Å². The van der Waals surface area contributed by atoms with Gasteiger partial charge in [-0.05, 0) is 6.42 Å². The molecule has 0 aromatic rings. The predicted molar refractivity (Wildman–Crippen MR) is 65.5 cm³/mol. The maximum Gasteiger partial charge on any atom is 0.111 e. The zero-order valence-electron chi connectivity index (χ0n) is 10.3. The van der Waals surface area contributed by atoms with Crippen LogP contribution in [0.4, 0.5) is 0 Å². The van der Waals surface area contributed by atoms with Gasteiger partial charge in [0.15, 0.2) is 0 Å². The SMILES string of the molecule is CCCCC(/C=C(/CO)[Si](C)(C)C)OO. The van der Waals surface area contributed by atoms with E-state index in [0.717, 1.165) is 24.5 Å². The summed E-state index contributed by atoms with van der Waals surface area (Å²) < 4.78 is 0. The fraction of sp³-hybridized carbons (Fsp3) is 0.818. The van der Waals surface area contributed by atoms with Gasteiger partial charge in [-0.2, -0.15) is 0 Å². The van der Waals surface area contributed by atoms with Crippen LogP contribution in [0.1, 0.15) is 26.2 Å². The molecule has 15 heavy (non-hydrogen) atoms. The summed E-state index contributed by atoms with van der Waals surface area (Å²) >= 11 is 0. The van der Waals surface area contributed by atoms with E-state index in [2.05, 4.69) is 31.5 Å². The molecule has 90 valence electrons. The van der Waals surface area contributed by atoms with Gasteiger partial charge < -0.3 is 5.11 Å². The third-order valence-corrected chi connectivity index (χ3v) is 4.75. The molecule has 0 aliphatic carbocycles. The Hall–Kier alpha value is -0.163. The van der Waals surface area contributed by atoms with E-state index in [1.54, 1.807) is 0 Å². The summed E-state index contributed by atoms with van der Waals surface area (Å²) in [6, 6.07) is 0. The van der Waals surface area contributed by atoms with Crippen LogP contribution in [0.25, 0.3) is 0 Å². The molecule has 0 fully saturated rings. The zero-order chi connectivity index (χ0) is 11.9. The van der Waals surface area contributed by atoms with Crippen LogP contribution in [-0.4, -0.2) is 31.1 Å². The summed E-state index contributed by atoms with van der Waals surface area (Å²) in [5, 5.41) is 19.1. The summed E-state index contributed by atoms with van der Waals surface area (Å²) in [5.41, 5.74) is 0. The van der Waals surface area contributed by atoms with Gasteiger partial charge in [-0.25, -0.2) is 4.89 Å². The molecule has 0 saturated heterocycles. The maximum atomic E-state index is 9.26. The summed E-state index contributed by atoms with van der Waals surface area (Å²) in [4.78, 5) is 4.41. The van der Waals surface area contributed by atoms with E-state index < -0.39 is 8.07 Å². The number of hydrogen-bond donors (Lipinski definition) is 2. The molecule has 1 unspecified atom stereocenters. The fourth-order valence-electron chi connectivity index (χ4n) is 1.34. The van der Waals surface area contributed by atoms with Crippen LogP contribution >= 0.6 is 0 Å². The topological polar surface area (TPSA) is 49.7 Å². The minimum Gasteiger partial charge on any atom is -0.392 e. The van der Waals surface area contributed by atoms with Crippen LogP contribution in [0.3, 0.4) is 0 Å². The van der Waals surface area contributed by atoms with Crippen LogP contribution in [0, 0.1) is 0 Å². The summed E-state index contributed by atoms with van der Waals surface area (Å²) in [6.45, 7) is 8.68. The molecule has 0 aliphatic heterocycles. The molecule has 0 rings (SSSR count). The zero-order valence-corrected chi connectivity index (χ0v) is 11.3. The first-order chi connectivity index (χ1) is 6.95. The molecule has 0 heterocycles. The summed E-state index contributed by atoms with van der Waals surface area (Å²) in [7, 11) is -1.48. The minimum atomic E-state index is -1.48. The average Bonchev–Trinajstić information content (AvgIpc) is 2.16. The molecular formula is C11H24O3Si. The highest BCUT2D eigenvalue weighted by Crippen LogP contribution is 2.17. The molecule has 0 bridgehead atoms. The van der Waals surface area contributed by atoms with Gasteiger partial charge in [-0.3, -0.25) is 5.26 Å². The Morgan fingerprint density at radius 3 is 2.33 bits per heavy atom. The van der Waals surface area contributed by atoms with Gasteiger partial charge in [0.25, 0.3) is 0 Å². The first-order valence-corrected chi connectivity index (χ1v) is 9.08. The fourth-order valence-corrected chi connectivity index (χ4v) is 2.50. The van der Waals surface area contributed by atoms with Crippen molar-refractivity contribution in [2.75, 3.05) is 6.61 Å². The molecular weight excluding hydrogens is 208 g/mol. The standard InChI is InChI=1S/C11H24O3Si/c1-5-6-7-10(14-13)8-11(9-12)15(2,3)4/h8,10,12-13H,5-7,9H2,1-4H3/b11-8-. The molecule has 0 spiro atoms. The van der Waals surface area contributed by atoms with Gasteiger partial charge in [-0.1, -0.05) is 50.7 Å². The van der Waals surface area contributed by atoms with Crippen molar-refractivity contribution < 1.29 is 15.3 Å². The molecule has 0 saturated carbocycles. The van der Waals surface area contributed by atoms with Crippen LogP contribution < -0.4 is 0 Å². The van der Waals surface area contributed by atoms with Crippen LogP contribution in [-0.2, 0) is 4.89 Å². The Bertz CT molecular complexity index is 196. The van der Waals surface area contributed by atoms with Crippen molar-refractivity contribution in [3.8, 4) is 0 Å². The first-order valence-electron chi connectivity index (χ1n) is 5.58. The molecule has 0 aromatic carbocycles. The first kappa shape index (κ1) is 14.8. The second-order valence-electron chi connectivity index (χ2n) is 4.89. The Kier molecular flexibility index (Phi) is 7.09. The van der Waals surface area contributed by atoms with Gasteiger partial charge in [0.2, 0.25) is 0 Å². The average molecular weight is 232 g/mol. The Morgan fingerprint density at radius 1 is 1.40 bits per heavy atom. The van der Waals surface area contributed by atoms with E-state index in [1.807, 2.05) is 6.08 Å². The number of aliphatic hydroxyl groups is 1. The van der Waals surface area contributed by atoms with E-state index in [1.165, 1.54) is 0 Å². The van der Waals surface area contributed by atoms with E-state index in [9.17, 15) is 5.11 Å². The van der Waals surface area contributed by atoms with Crippen molar-refractivity contribution in [1.29, 1.82) is 0 Å². The van der Waals surface area contributed by atoms with E-state index in [0.29, 0.717) is 0 Å². The van der Waals surface area contributed by atoms with Gasteiger partial charge in [0.1, 0.15) is 6.10 Å². The third kappa shape index (κ3) is 6.09. The quantitative estimate of drug-likeness (QED) is 0.403. The van der Waals surface area contributed by atoms with Crippen molar-refractivity contribution in [3.63, 3.8) is 0 Å². The molecule has 0 aliphatic rings. The number of aliphatic hydroxyl groups excluding tert-OH is 1. The highest BCUT2D eigenvalue weighted by Gasteiger charge is 2.20. The highest BCUT2D eigenvalue weighted by molar-refractivity contribution is 6.83. The van der Waals surface area contributed by atoms with Crippen LogP contribution in [0.5, 0.6) is 0 Å².